The van der Waals surface area contributed by atoms with E-state index in [1.165, 1.54) is 6.42 Å². The van der Waals surface area contributed by atoms with Crippen LogP contribution in [-0.2, 0) is 16.7 Å². The van der Waals surface area contributed by atoms with Gasteiger partial charge in [0, 0.05) is 0 Å². The van der Waals surface area contributed by atoms with Crippen molar-refractivity contribution in [3.05, 3.63) is 11.7 Å². The molecule has 1 aliphatic rings. The molecule has 1 aromatic heterocycles. The van der Waals surface area contributed by atoms with Crippen molar-refractivity contribution in [2.24, 2.45) is 11.7 Å². The lowest BCUT2D eigenvalue weighted by atomic mass is 9.76. The largest absolute Gasteiger partial charge is 0.375 e. The third-order valence-electron chi connectivity index (χ3n) is 3.65. The van der Waals surface area contributed by atoms with Crippen LogP contribution in [0.15, 0.2) is 4.52 Å². The monoisotopic (exact) mass is 289 g/mol. The molecule has 2 rings (SSSR count). The van der Waals surface area contributed by atoms with E-state index in [4.69, 9.17) is 15.0 Å². The van der Waals surface area contributed by atoms with Crippen molar-refractivity contribution >= 4 is 0 Å². The zero-order valence-electron chi connectivity index (χ0n) is 11.6. The minimum absolute atomic E-state index is 0.139. The van der Waals surface area contributed by atoms with Crippen molar-refractivity contribution in [1.82, 2.24) is 10.1 Å². The molecule has 1 aliphatic carbocycles. The van der Waals surface area contributed by atoms with Gasteiger partial charge >= 0.3 is 0 Å². The first-order valence-corrected chi connectivity index (χ1v) is 6.97. The standard InChI is InChI=1S/C13H21F2N3O2/c1-9-3-2-5-13(16,7-9)12-17-11(20-18-12)4-6-19-8-10(14)15/h9-10H,2-8,16H2,1H3. The highest BCUT2D eigenvalue weighted by Crippen LogP contribution is 2.36. The Morgan fingerprint density at radius 1 is 1.55 bits per heavy atom. The third kappa shape index (κ3) is 3.96. The van der Waals surface area contributed by atoms with E-state index < -0.39 is 18.6 Å². The number of nitrogens with zero attached hydrogens (tertiary/aromatic N) is 2. The maximum absolute atomic E-state index is 11.9. The summed E-state index contributed by atoms with van der Waals surface area (Å²) >= 11 is 0. The fraction of sp³-hybridized carbons (Fsp3) is 0.846. The van der Waals surface area contributed by atoms with Gasteiger partial charge in [0.05, 0.1) is 18.6 Å². The Bertz CT molecular complexity index is 428. The number of rotatable bonds is 6. The van der Waals surface area contributed by atoms with Gasteiger partial charge in [-0.05, 0) is 18.8 Å². The Morgan fingerprint density at radius 2 is 2.35 bits per heavy atom. The predicted molar refractivity (Wildman–Crippen MR) is 68.3 cm³/mol. The first-order valence-electron chi connectivity index (χ1n) is 6.97. The lowest BCUT2D eigenvalue weighted by Crippen LogP contribution is -2.42. The van der Waals surface area contributed by atoms with Crippen LogP contribution in [0.5, 0.6) is 0 Å². The normalized spacial score (nSPS) is 27.1. The molecule has 1 heterocycles. The molecule has 1 fully saturated rings. The van der Waals surface area contributed by atoms with Crippen molar-refractivity contribution in [2.45, 2.75) is 51.0 Å². The molecule has 5 nitrogen and oxygen atoms in total. The van der Waals surface area contributed by atoms with Gasteiger partial charge in [-0.2, -0.15) is 4.98 Å². The summed E-state index contributed by atoms with van der Waals surface area (Å²) in [6.07, 6.45) is 1.78. The fourth-order valence-corrected chi connectivity index (χ4v) is 2.69. The molecule has 7 heteroatoms. The summed E-state index contributed by atoms with van der Waals surface area (Å²) in [5.74, 6) is 1.45. The van der Waals surface area contributed by atoms with Crippen LogP contribution in [0, 0.1) is 5.92 Å². The highest BCUT2D eigenvalue weighted by molar-refractivity contribution is 5.06. The maximum Gasteiger partial charge on any atom is 0.261 e. The summed E-state index contributed by atoms with van der Waals surface area (Å²) in [6.45, 7) is 1.74. The van der Waals surface area contributed by atoms with Crippen molar-refractivity contribution in [3.8, 4) is 0 Å². The molecule has 1 aromatic rings. The summed E-state index contributed by atoms with van der Waals surface area (Å²) in [5.41, 5.74) is 5.84. The molecule has 2 atom stereocenters. The minimum Gasteiger partial charge on any atom is -0.375 e. The van der Waals surface area contributed by atoms with Crippen LogP contribution in [0.4, 0.5) is 8.78 Å². The van der Waals surface area contributed by atoms with E-state index in [0.717, 1.165) is 19.3 Å². The smallest absolute Gasteiger partial charge is 0.261 e. The number of hydrogen-bond donors (Lipinski definition) is 1. The average Bonchev–Trinajstić information content (AvgIpc) is 2.83. The molecule has 114 valence electrons. The Morgan fingerprint density at radius 3 is 3.05 bits per heavy atom. The van der Waals surface area contributed by atoms with Crippen molar-refractivity contribution in [3.63, 3.8) is 0 Å². The number of halogens is 2. The second-order valence-electron chi connectivity index (χ2n) is 5.59. The highest BCUT2D eigenvalue weighted by atomic mass is 19.3. The molecule has 2 unspecified atom stereocenters. The number of alkyl halides is 2. The maximum atomic E-state index is 11.9. The van der Waals surface area contributed by atoms with Crippen LogP contribution in [0.1, 0.15) is 44.3 Å². The Labute approximate surface area is 116 Å². The van der Waals surface area contributed by atoms with Gasteiger partial charge in [-0.3, -0.25) is 0 Å². The first kappa shape index (κ1) is 15.3. The Hall–Kier alpha value is -1.08. The topological polar surface area (TPSA) is 74.2 Å². The van der Waals surface area contributed by atoms with E-state index in [1.807, 2.05) is 0 Å². The zero-order valence-corrected chi connectivity index (χ0v) is 11.6. The molecule has 1 saturated carbocycles. The molecule has 0 spiro atoms. The van der Waals surface area contributed by atoms with Crippen molar-refractivity contribution in [2.75, 3.05) is 13.2 Å². The quantitative estimate of drug-likeness (QED) is 0.813. The second kappa shape index (κ2) is 6.58. The second-order valence-corrected chi connectivity index (χ2v) is 5.59. The SMILES string of the molecule is CC1CCCC(N)(c2noc(CCOCC(F)F)n2)C1. The highest BCUT2D eigenvalue weighted by Gasteiger charge is 2.36. The molecule has 0 amide bonds. The molecule has 0 bridgehead atoms. The van der Waals surface area contributed by atoms with Crippen LogP contribution >= 0.6 is 0 Å². The van der Waals surface area contributed by atoms with Gasteiger partial charge in [0.15, 0.2) is 5.82 Å². The van der Waals surface area contributed by atoms with Crippen molar-refractivity contribution < 1.29 is 18.0 Å². The van der Waals surface area contributed by atoms with E-state index in [9.17, 15) is 8.78 Å². The van der Waals surface area contributed by atoms with Gasteiger partial charge in [0.1, 0.15) is 6.61 Å². The number of nitrogens with two attached hydrogens (primary N) is 1. The molecule has 0 aromatic carbocycles. The third-order valence-corrected chi connectivity index (χ3v) is 3.65. The van der Waals surface area contributed by atoms with E-state index in [-0.39, 0.29) is 6.61 Å². The Balaban J connectivity index is 1.88. The molecule has 0 aliphatic heterocycles. The summed E-state index contributed by atoms with van der Waals surface area (Å²) in [4.78, 5) is 4.29. The Kier molecular flexibility index (Phi) is 5.04. The van der Waals surface area contributed by atoms with Crippen LogP contribution in [0.2, 0.25) is 0 Å². The van der Waals surface area contributed by atoms with Crippen LogP contribution < -0.4 is 5.73 Å². The van der Waals surface area contributed by atoms with Gasteiger partial charge in [0.2, 0.25) is 5.89 Å². The summed E-state index contributed by atoms with van der Waals surface area (Å²) < 4.78 is 33.7. The molecular weight excluding hydrogens is 268 g/mol. The van der Waals surface area contributed by atoms with Crippen LogP contribution in [0.3, 0.4) is 0 Å². The molecule has 0 saturated heterocycles. The van der Waals surface area contributed by atoms with E-state index in [1.54, 1.807) is 0 Å². The lowest BCUT2D eigenvalue weighted by Gasteiger charge is -2.33. The molecular formula is C13H21F2N3O2. The summed E-state index contributed by atoms with van der Waals surface area (Å²) in [6, 6.07) is 0. The van der Waals surface area contributed by atoms with E-state index >= 15 is 0 Å². The van der Waals surface area contributed by atoms with Crippen LogP contribution in [-0.4, -0.2) is 29.8 Å². The molecule has 20 heavy (non-hydrogen) atoms. The lowest BCUT2D eigenvalue weighted by molar-refractivity contribution is 0.0171. The number of ether oxygens (including phenoxy) is 1. The summed E-state index contributed by atoms with van der Waals surface area (Å²) in [7, 11) is 0. The zero-order chi connectivity index (χ0) is 14.6. The predicted octanol–water partition coefficient (Wildman–Crippen LogP) is 2.26. The van der Waals surface area contributed by atoms with Gasteiger partial charge in [0.25, 0.3) is 6.43 Å². The van der Waals surface area contributed by atoms with Gasteiger partial charge in [-0.15, -0.1) is 0 Å². The molecule has 2 N–H and O–H groups in total. The number of hydrogen-bond acceptors (Lipinski definition) is 5. The van der Waals surface area contributed by atoms with Crippen molar-refractivity contribution in [1.29, 1.82) is 0 Å². The number of aromatic nitrogens is 2. The van der Waals surface area contributed by atoms with E-state index in [0.29, 0.717) is 24.1 Å². The first-order chi connectivity index (χ1) is 9.49. The van der Waals surface area contributed by atoms with Gasteiger partial charge in [-0.1, -0.05) is 24.9 Å². The molecule has 0 radical (unpaired) electrons. The minimum atomic E-state index is -2.45. The van der Waals surface area contributed by atoms with Gasteiger partial charge < -0.3 is 15.0 Å². The van der Waals surface area contributed by atoms with E-state index in [2.05, 4.69) is 17.1 Å². The summed E-state index contributed by atoms with van der Waals surface area (Å²) in [5, 5.41) is 3.95. The van der Waals surface area contributed by atoms with Crippen LogP contribution in [0.25, 0.3) is 0 Å². The average molecular weight is 289 g/mol. The van der Waals surface area contributed by atoms with Gasteiger partial charge in [-0.25, -0.2) is 8.78 Å². The fourth-order valence-electron chi connectivity index (χ4n) is 2.69.